The topological polar surface area (TPSA) is 84.9 Å². The first-order valence-electron chi connectivity index (χ1n) is 9.07. The van der Waals surface area contributed by atoms with Crippen molar-refractivity contribution in [3.63, 3.8) is 0 Å². The first kappa shape index (κ1) is 17.5. The number of benzene rings is 2. The number of hydrogen-bond acceptors (Lipinski definition) is 4. The quantitative estimate of drug-likeness (QED) is 0.868. The van der Waals surface area contributed by atoms with E-state index in [-0.39, 0.29) is 19.1 Å². The van der Waals surface area contributed by atoms with Gasteiger partial charge in [-0.1, -0.05) is 48.5 Å². The van der Waals surface area contributed by atoms with E-state index in [1.807, 2.05) is 24.3 Å². The van der Waals surface area contributed by atoms with Crippen molar-refractivity contribution in [2.45, 2.75) is 18.4 Å². The summed E-state index contributed by atoms with van der Waals surface area (Å²) in [5.74, 6) is -1.74. The molecule has 2 aliphatic rings. The maximum Gasteiger partial charge on any atom is 0.407 e. The van der Waals surface area contributed by atoms with Gasteiger partial charge in [0.2, 0.25) is 0 Å². The smallest absolute Gasteiger partial charge is 0.407 e. The zero-order valence-corrected chi connectivity index (χ0v) is 14.8. The third-order valence-corrected chi connectivity index (χ3v) is 5.32. The Hall–Kier alpha value is -2.86. The lowest BCUT2D eigenvalue weighted by molar-refractivity contribution is -0.147. The number of rotatable bonds is 4. The lowest BCUT2D eigenvalue weighted by atomic mass is 9.96. The van der Waals surface area contributed by atoms with E-state index in [4.69, 9.17) is 9.47 Å². The average Bonchev–Trinajstić information content (AvgIpc) is 3.00. The predicted molar refractivity (Wildman–Crippen MR) is 98.6 cm³/mol. The van der Waals surface area contributed by atoms with E-state index in [0.717, 1.165) is 22.3 Å². The van der Waals surface area contributed by atoms with Crippen LogP contribution in [0.1, 0.15) is 23.5 Å². The van der Waals surface area contributed by atoms with Gasteiger partial charge < -0.3 is 19.9 Å². The van der Waals surface area contributed by atoms with Crippen molar-refractivity contribution >= 4 is 12.1 Å². The molecule has 2 aromatic rings. The number of hydrogen-bond donors (Lipinski definition) is 2. The van der Waals surface area contributed by atoms with Crippen LogP contribution in [0.3, 0.4) is 0 Å². The predicted octanol–water partition coefficient (Wildman–Crippen LogP) is 3.01. The van der Waals surface area contributed by atoms with Crippen LogP contribution in [0.25, 0.3) is 11.1 Å². The second-order valence-corrected chi connectivity index (χ2v) is 6.88. The fourth-order valence-electron chi connectivity index (χ4n) is 3.95. The molecule has 1 heterocycles. The number of carbonyl (C=O) groups excluding carboxylic acids is 1. The Morgan fingerprint density at radius 2 is 1.70 bits per heavy atom. The van der Waals surface area contributed by atoms with Gasteiger partial charge in [-0.2, -0.15) is 0 Å². The minimum Gasteiger partial charge on any atom is -0.481 e. The highest BCUT2D eigenvalue weighted by molar-refractivity contribution is 5.79. The molecule has 6 heteroatoms. The minimum atomic E-state index is -0.973. The average molecular weight is 367 g/mol. The number of aliphatic carboxylic acids is 1. The molecule has 27 heavy (non-hydrogen) atoms. The van der Waals surface area contributed by atoms with Crippen LogP contribution in [0.4, 0.5) is 4.79 Å². The largest absolute Gasteiger partial charge is 0.481 e. The standard InChI is InChI=1S/C21H21NO5/c23-20(24)18-11-26-10-9-19(18)22-21(25)27-12-17-15-7-3-1-5-13(15)14-6-2-4-8-16(14)17/h1-8,17-19H,9-12H2,(H,22,25)(H,23,24)/t18-,19+/m1/s1. The highest BCUT2D eigenvalue weighted by atomic mass is 16.5. The third-order valence-electron chi connectivity index (χ3n) is 5.32. The molecular weight excluding hydrogens is 346 g/mol. The number of amides is 1. The molecule has 1 saturated heterocycles. The molecule has 0 saturated carbocycles. The van der Waals surface area contributed by atoms with Gasteiger partial charge in [-0.15, -0.1) is 0 Å². The summed E-state index contributed by atoms with van der Waals surface area (Å²) >= 11 is 0. The fraction of sp³-hybridized carbons (Fsp3) is 0.333. The van der Waals surface area contributed by atoms with E-state index in [1.54, 1.807) is 0 Å². The van der Waals surface area contributed by atoms with E-state index < -0.39 is 24.0 Å². The van der Waals surface area contributed by atoms with Crippen molar-refractivity contribution in [1.82, 2.24) is 5.32 Å². The van der Waals surface area contributed by atoms with Gasteiger partial charge >= 0.3 is 12.1 Å². The number of carboxylic acid groups (broad SMARTS) is 1. The Bertz CT molecular complexity index is 820. The summed E-state index contributed by atoms with van der Waals surface area (Å²) in [6.07, 6.45) is -0.128. The van der Waals surface area contributed by atoms with Crippen LogP contribution in [-0.2, 0) is 14.3 Å². The van der Waals surface area contributed by atoms with Crippen molar-refractivity contribution in [1.29, 1.82) is 0 Å². The molecule has 0 radical (unpaired) electrons. The number of ether oxygens (including phenoxy) is 2. The van der Waals surface area contributed by atoms with Gasteiger partial charge in [-0.3, -0.25) is 4.79 Å². The van der Waals surface area contributed by atoms with Crippen molar-refractivity contribution < 1.29 is 24.2 Å². The third kappa shape index (κ3) is 3.40. The highest BCUT2D eigenvalue weighted by Crippen LogP contribution is 2.44. The zero-order valence-electron chi connectivity index (χ0n) is 14.8. The summed E-state index contributed by atoms with van der Waals surface area (Å²) in [5, 5.41) is 12.0. The van der Waals surface area contributed by atoms with Crippen molar-refractivity contribution in [3.05, 3.63) is 59.7 Å². The summed E-state index contributed by atoms with van der Waals surface area (Å²) in [5.41, 5.74) is 4.61. The Morgan fingerprint density at radius 3 is 2.33 bits per heavy atom. The van der Waals surface area contributed by atoms with Crippen LogP contribution >= 0.6 is 0 Å². The molecular formula is C21H21NO5. The highest BCUT2D eigenvalue weighted by Gasteiger charge is 2.34. The molecule has 1 aliphatic heterocycles. The summed E-state index contributed by atoms with van der Waals surface area (Å²) in [6, 6.07) is 15.8. The monoisotopic (exact) mass is 367 g/mol. The van der Waals surface area contributed by atoms with E-state index in [9.17, 15) is 14.7 Å². The van der Waals surface area contributed by atoms with Crippen LogP contribution in [-0.4, -0.2) is 43.0 Å². The number of carboxylic acids is 1. The Balaban J connectivity index is 1.44. The maximum absolute atomic E-state index is 12.3. The first-order valence-corrected chi connectivity index (χ1v) is 9.07. The SMILES string of the molecule is O=C(N[C@H]1CCOC[C@H]1C(=O)O)OCC1c2ccccc2-c2ccccc21. The molecule has 0 spiro atoms. The second-order valence-electron chi connectivity index (χ2n) is 6.88. The van der Waals surface area contributed by atoms with Gasteiger partial charge in [0.25, 0.3) is 0 Å². The maximum atomic E-state index is 12.3. The molecule has 6 nitrogen and oxygen atoms in total. The van der Waals surface area contributed by atoms with Crippen LogP contribution in [0.5, 0.6) is 0 Å². The van der Waals surface area contributed by atoms with E-state index in [1.165, 1.54) is 0 Å². The fourth-order valence-corrected chi connectivity index (χ4v) is 3.95. The molecule has 0 unspecified atom stereocenters. The molecule has 0 aromatic heterocycles. The van der Waals surface area contributed by atoms with Gasteiger partial charge in [0.15, 0.2) is 0 Å². The van der Waals surface area contributed by atoms with Crippen molar-refractivity contribution in [2.75, 3.05) is 19.8 Å². The minimum absolute atomic E-state index is 0.0203. The normalized spacial score (nSPS) is 21.2. The van der Waals surface area contributed by atoms with Gasteiger partial charge in [-0.05, 0) is 28.7 Å². The Morgan fingerprint density at radius 1 is 1.07 bits per heavy atom. The second kappa shape index (κ2) is 7.40. The van der Waals surface area contributed by atoms with Crippen molar-refractivity contribution in [3.8, 4) is 11.1 Å². The molecule has 140 valence electrons. The van der Waals surface area contributed by atoms with Crippen LogP contribution < -0.4 is 5.32 Å². The van der Waals surface area contributed by atoms with Crippen LogP contribution in [0, 0.1) is 5.92 Å². The van der Waals surface area contributed by atoms with Gasteiger partial charge in [0, 0.05) is 18.6 Å². The summed E-state index contributed by atoms with van der Waals surface area (Å²) in [7, 11) is 0. The summed E-state index contributed by atoms with van der Waals surface area (Å²) in [6.45, 7) is 0.739. The van der Waals surface area contributed by atoms with E-state index in [2.05, 4.69) is 29.6 Å². The van der Waals surface area contributed by atoms with Gasteiger partial charge in [-0.25, -0.2) is 4.79 Å². The molecule has 2 N–H and O–H groups in total. The summed E-state index contributed by atoms with van der Waals surface area (Å²) < 4.78 is 10.7. The summed E-state index contributed by atoms with van der Waals surface area (Å²) in [4.78, 5) is 23.6. The Kier molecular flexibility index (Phi) is 4.81. The molecule has 2 aromatic carbocycles. The Labute approximate surface area is 157 Å². The number of fused-ring (bicyclic) bond motifs is 3. The number of alkyl carbamates (subject to hydrolysis) is 1. The zero-order chi connectivity index (χ0) is 18.8. The molecule has 2 atom stereocenters. The van der Waals surface area contributed by atoms with Crippen LogP contribution in [0.15, 0.2) is 48.5 Å². The lowest BCUT2D eigenvalue weighted by Gasteiger charge is -2.29. The first-order chi connectivity index (χ1) is 13.1. The van der Waals surface area contributed by atoms with E-state index >= 15 is 0 Å². The molecule has 1 fully saturated rings. The van der Waals surface area contributed by atoms with Gasteiger partial charge in [0.05, 0.1) is 6.61 Å². The molecule has 1 aliphatic carbocycles. The van der Waals surface area contributed by atoms with Crippen LogP contribution in [0.2, 0.25) is 0 Å². The number of nitrogens with one attached hydrogen (secondary N) is 1. The molecule has 1 amide bonds. The molecule has 4 rings (SSSR count). The molecule has 0 bridgehead atoms. The lowest BCUT2D eigenvalue weighted by Crippen LogP contribution is -2.48. The van der Waals surface area contributed by atoms with E-state index in [0.29, 0.717) is 13.0 Å². The number of carbonyl (C=O) groups is 2. The van der Waals surface area contributed by atoms with Gasteiger partial charge in [0.1, 0.15) is 12.5 Å². The van der Waals surface area contributed by atoms with Crippen molar-refractivity contribution in [2.24, 2.45) is 5.92 Å².